The molecule has 0 heterocycles. The largest absolute Gasteiger partial charge is 0.356 e. The zero-order valence-electron chi connectivity index (χ0n) is 18.2. The summed E-state index contributed by atoms with van der Waals surface area (Å²) in [6.07, 6.45) is 0. The first-order valence-corrected chi connectivity index (χ1v) is 12.1. The lowest BCUT2D eigenvalue weighted by Crippen LogP contribution is -2.22. The summed E-state index contributed by atoms with van der Waals surface area (Å²) in [5, 5.41) is 3.26. The molecule has 0 atom stereocenters. The van der Waals surface area contributed by atoms with E-state index in [0.29, 0.717) is 11.3 Å². The number of sulfonamides is 1. The number of ketones is 2. The lowest BCUT2D eigenvalue weighted by Gasteiger charge is -2.18. The Morgan fingerprint density at radius 2 is 1.09 bits per heavy atom. The highest BCUT2D eigenvalue weighted by molar-refractivity contribution is 7.92. The zero-order valence-corrected chi connectivity index (χ0v) is 19.0. The number of carbonyl (C=O) groups excluding carboxylic acids is 2. The third kappa shape index (κ3) is 3.97. The molecule has 0 saturated carbocycles. The van der Waals surface area contributed by atoms with Crippen LogP contribution in [0.4, 0.5) is 17.1 Å². The highest BCUT2D eigenvalue weighted by atomic mass is 32.2. The van der Waals surface area contributed by atoms with Crippen LogP contribution in [0.2, 0.25) is 0 Å². The lowest BCUT2D eigenvalue weighted by atomic mass is 9.84. The summed E-state index contributed by atoms with van der Waals surface area (Å²) in [6, 6.07) is 25.3. The average Bonchev–Trinajstić information content (AvgIpc) is 2.84. The number of hydrogen-bond acceptors (Lipinski definition) is 5. The molecule has 7 heteroatoms. The molecule has 0 bridgehead atoms. The molecule has 0 spiro atoms. The van der Waals surface area contributed by atoms with E-state index in [9.17, 15) is 18.0 Å². The maximum absolute atomic E-state index is 13.0. The predicted molar refractivity (Wildman–Crippen MR) is 131 cm³/mol. The number of benzene rings is 4. The molecular formula is C27H20N2O4S. The van der Waals surface area contributed by atoms with Gasteiger partial charge in [-0.1, -0.05) is 42.0 Å². The molecule has 1 aliphatic rings. The van der Waals surface area contributed by atoms with Crippen LogP contribution in [0.5, 0.6) is 0 Å². The second-order valence-electron chi connectivity index (χ2n) is 8.09. The Hall–Kier alpha value is -4.23. The maximum atomic E-state index is 13.0. The van der Waals surface area contributed by atoms with Crippen molar-refractivity contribution in [1.29, 1.82) is 0 Å². The van der Waals surface area contributed by atoms with Gasteiger partial charge in [0.05, 0.1) is 4.90 Å². The van der Waals surface area contributed by atoms with Crippen LogP contribution in [0.25, 0.3) is 0 Å². The Balaban J connectivity index is 1.38. The van der Waals surface area contributed by atoms with E-state index in [1.807, 2.05) is 31.2 Å². The number of hydrogen-bond donors (Lipinski definition) is 2. The predicted octanol–water partition coefficient (Wildman–Crippen LogP) is 5.31. The first kappa shape index (κ1) is 21.6. The minimum absolute atomic E-state index is 0.0872. The van der Waals surface area contributed by atoms with Crippen LogP contribution in [0.3, 0.4) is 0 Å². The highest BCUT2D eigenvalue weighted by Gasteiger charge is 2.30. The summed E-state index contributed by atoms with van der Waals surface area (Å²) in [7, 11) is -3.98. The molecule has 0 aliphatic heterocycles. The molecule has 0 fully saturated rings. The van der Waals surface area contributed by atoms with Crippen molar-refractivity contribution < 1.29 is 18.0 Å². The van der Waals surface area contributed by atoms with E-state index >= 15 is 0 Å². The molecule has 34 heavy (non-hydrogen) atoms. The Bertz CT molecular complexity index is 1540. The highest BCUT2D eigenvalue weighted by Crippen LogP contribution is 2.29. The van der Waals surface area contributed by atoms with Gasteiger partial charge in [-0.15, -0.1) is 0 Å². The van der Waals surface area contributed by atoms with Gasteiger partial charge in [0, 0.05) is 39.3 Å². The maximum Gasteiger partial charge on any atom is 0.261 e. The van der Waals surface area contributed by atoms with Crippen LogP contribution in [-0.2, 0) is 10.0 Å². The van der Waals surface area contributed by atoms with Crippen molar-refractivity contribution in [2.75, 3.05) is 10.0 Å². The van der Waals surface area contributed by atoms with Gasteiger partial charge in [-0.05, 0) is 61.5 Å². The molecule has 0 unspecified atom stereocenters. The molecule has 168 valence electrons. The van der Waals surface area contributed by atoms with Crippen LogP contribution in [0.15, 0.2) is 95.9 Å². The van der Waals surface area contributed by atoms with Gasteiger partial charge in [0.1, 0.15) is 0 Å². The molecule has 0 aromatic heterocycles. The summed E-state index contributed by atoms with van der Waals surface area (Å²) in [4.78, 5) is 25.6. The van der Waals surface area contributed by atoms with Crippen molar-refractivity contribution in [2.24, 2.45) is 0 Å². The van der Waals surface area contributed by atoms with Crippen molar-refractivity contribution >= 4 is 38.7 Å². The van der Waals surface area contributed by atoms with Crippen LogP contribution >= 0.6 is 0 Å². The van der Waals surface area contributed by atoms with Gasteiger partial charge in [0.15, 0.2) is 11.6 Å². The zero-order chi connectivity index (χ0) is 23.9. The second kappa shape index (κ2) is 8.28. The SMILES string of the molecule is Cc1ccc(Nc2ccc(NS(=O)(=O)c3ccc4c(c3)C(=O)c3ccccc3C4=O)cc2)cc1. The smallest absolute Gasteiger partial charge is 0.261 e. The quantitative estimate of drug-likeness (QED) is 0.364. The van der Waals surface area contributed by atoms with Crippen LogP contribution in [0, 0.1) is 6.92 Å². The lowest BCUT2D eigenvalue weighted by molar-refractivity contribution is 0.0979. The normalized spacial score (nSPS) is 12.6. The number of carbonyl (C=O) groups is 2. The Morgan fingerprint density at radius 3 is 1.71 bits per heavy atom. The van der Waals surface area contributed by atoms with E-state index in [4.69, 9.17) is 0 Å². The fourth-order valence-electron chi connectivity index (χ4n) is 3.88. The fourth-order valence-corrected chi connectivity index (χ4v) is 4.97. The number of nitrogens with one attached hydrogen (secondary N) is 2. The molecule has 0 saturated heterocycles. The molecular weight excluding hydrogens is 448 g/mol. The summed E-state index contributed by atoms with van der Waals surface area (Å²) < 4.78 is 28.5. The van der Waals surface area contributed by atoms with Crippen molar-refractivity contribution in [2.45, 2.75) is 11.8 Å². The van der Waals surface area contributed by atoms with Crippen LogP contribution in [0.1, 0.15) is 37.4 Å². The number of anilines is 3. The summed E-state index contributed by atoms with van der Waals surface area (Å²) >= 11 is 0. The molecule has 1 aliphatic carbocycles. The molecule has 5 rings (SSSR count). The fraction of sp³-hybridized carbons (Fsp3) is 0.0370. The van der Waals surface area contributed by atoms with Crippen LogP contribution in [-0.4, -0.2) is 20.0 Å². The third-order valence-electron chi connectivity index (χ3n) is 5.68. The van der Waals surface area contributed by atoms with E-state index < -0.39 is 10.0 Å². The molecule has 4 aromatic carbocycles. The Labute approximate surface area is 197 Å². The van der Waals surface area contributed by atoms with Crippen molar-refractivity contribution in [3.63, 3.8) is 0 Å². The summed E-state index contributed by atoms with van der Waals surface area (Å²) in [6.45, 7) is 2.01. The number of rotatable bonds is 5. The summed E-state index contributed by atoms with van der Waals surface area (Å²) in [5.74, 6) is -0.660. The van der Waals surface area contributed by atoms with Gasteiger partial charge in [0.25, 0.3) is 10.0 Å². The third-order valence-corrected chi connectivity index (χ3v) is 7.06. The molecule has 2 N–H and O–H groups in total. The minimum atomic E-state index is -3.98. The molecule has 4 aromatic rings. The van der Waals surface area contributed by atoms with E-state index in [2.05, 4.69) is 10.0 Å². The molecule has 6 nitrogen and oxygen atoms in total. The minimum Gasteiger partial charge on any atom is -0.356 e. The van der Waals surface area contributed by atoms with Gasteiger partial charge in [0.2, 0.25) is 0 Å². The molecule has 0 amide bonds. The van der Waals surface area contributed by atoms with E-state index in [0.717, 1.165) is 16.9 Å². The topological polar surface area (TPSA) is 92.3 Å². The van der Waals surface area contributed by atoms with Crippen molar-refractivity contribution in [3.8, 4) is 0 Å². The van der Waals surface area contributed by atoms with Gasteiger partial charge in [-0.3, -0.25) is 14.3 Å². The van der Waals surface area contributed by atoms with Gasteiger partial charge < -0.3 is 5.32 Å². The van der Waals surface area contributed by atoms with E-state index in [1.165, 1.54) is 18.2 Å². The standard InChI is InChI=1S/C27H20N2O4S/c1-17-6-8-18(9-7-17)28-19-10-12-20(13-11-19)29-34(32,33)21-14-15-24-25(16-21)27(31)23-5-3-2-4-22(23)26(24)30/h2-16,28-29H,1H3. The Kier molecular flexibility index (Phi) is 5.26. The van der Waals surface area contributed by atoms with Crippen molar-refractivity contribution in [3.05, 3.63) is 119 Å². The van der Waals surface area contributed by atoms with Gasteiger partial charge in [-0.25, -0.2) is 8.42 Å². The van der Waals surface area contributed by atoms with Gasteiger partial charge >= 0.3 is 0 Å². The van der Waals surface area contributed by atoms with Gasteiger partial charge in [-0.2, -0.15) is 0 Å². The van der Waals surface area contributed by atoms with E-state index in [1.54, 1.807) is 48.5 Å². The Morgan fingerprint density at radius 1 is 0.588 bits per heavy atom. The number of aryl methyl sites for hydroxylation is 1. The first-order chi connectivity index (χ1) is 16.3. The second-order valence-corrected chi connectivity index (χ2v) is 9.77. The number of fused-ring (bicyclic) bond motifs is 2. The monoisotopic (exact) mass is 468 g/mol. The van der Waals surface area contributed by atoms with Crippen molar-refractivity contribution in [1.82, 2.24) is 0 Å². The molecule has 0 radical (unpaired) electrons. The van der Waals surface area contributed by atoms with E-state index in [-0.39, 0.29) is 33.2 Å². The summed E-state index contributed by atoms with van der Waals surface area (Å²) in [5.41, 5.74) is 4.16. The first-order valence-electron chi connectivity index (χ1n) is 10.6. The van der Waals surface area contributed by atoms with Crippen LogP contribution < -0.4 is 10.0 Å². The average molecular weight is 469 g/mol.